The number of aromatic nitrogens is 5. The molecule has 0 aliphatic carbocycles. The number of aryl methyl sites for hydroxylation is 1. The summed E-state index contributed by atoms with van der Waals surface area (Å²) in [5.74, 6) is 0.131. The Balaban J connectivity index is 1.25. The number of aliphatic hydroxyl groups is 1. The normalized spacial score (nSPS) is 13.0. The van der Waals surface area contributed by atoms with E-state index in [1.807, 2.05) is 19.1 Å². The van der Waals surface area contributed by atoms with Gasteiger partial charge in [-0.2, -0.15) is 0 Å². The van der Waals surface area contributed by atoms with Gasteiger partial charge in [-0.25, -0.2) is 34.1 Å². The van der Waals surface area contributed by atoms with Gasteiger partial charge in [0.25, 0.3) is 0 Å². The number of carbonyl (C=O) groups is 1. The summed E-state index contributed by atoms with van der Waals surface area (Å²) in [7, 11) is 1.53. The van der Waals surface area contributed by atoms with Gasteiger partial charge in [0, 0.05) is 24.2 Å². The number of nitrogens with zero attached hydrogens (tertiary/aromatic N) is 5. The quantitative estimate of drug-likeness (QED) is 0.175. The zero-order chi connectivity index (χ0) is 31.6. The first-order valence-electron chi connectivity index (χ1n) is 13.7. The molecule has 0 bridgehead atoms. The lowest BCUT2D eigenvalue weighted by molar-refractivity contribution is 0.0402. The summed E-state index contributed by atoms with van der Waals surface area (Å²) in [6, 6.07) is 6.80. The second kappa shape index (κ2) is 12.5. The van der Waals surface area contributed by atoms with E-state index in [-0.39, 0.29) is 12.3 Å². The molecule has 12 nitrogen and oxygen atoms in total. The maximum atomic E-state index is 15.1. The molecule has 14 heteroatoms. The number of rotatable bonds is 10. The minimum Gasteiger partial charge on any atom is -0.484 e. The van der Waals surface area contributed by atoms with Crippen molar-refractivity contribution in [2.24, 2.45) is 0 Å². The molecule has 230 valence electrons. The van der Waals surface area contributed by atoms with Crippen LogP contribution in [0.3, 0.4) is 0 Å². The van der Waals surface area contributed by atoms with E-state index in [1.54, 1.807) is 40.0 Å². The predicted molar refractivity (Wildman–Crippen MR) is 166 cm³/mol. The number of fused-ring (bicyclic) bond motifs is 2. The van der Waals surface area contributed by atoms with Crippen molar-refractivity contribution >= 4 is 50.3 Å². The van der Waals surface area contributed by atoms with Crippen molar-refractivity contribution in [2.45, 2.75) is 52.4 Å². The summed E-state index contributed by atoms with van der Waals surface area (Å²) in [6.07, 6.45) is 2.20. The molecule has 2 atom stereocenters. The van der Waals surface area contributed by atoms with Crippen LogP contribution in [0.1, 0.15) is 33.3 Å². The van der Waals surface area contributed by atoms with Crippen LogP contribution in [0.2, 0.25) is 0 Å². The first-order chi connectivity index (χ1) is 20.9. The summed E-state index contributed by atoms with van der Waals surface area (Å²) in [5.41, 5.74) is 2.95. The number of benzene rings is 2. The van der Waals surface area contributed by atoms with Crippen molar-refractivity contribution in [1.29, 1.82) is 0 Å². The molecule has 3 heterocycles. The fraction of sp³-hybridized carbons (Fsp3) is 0.333. The molecule has 44 heavy (non-hydrogen) atoms. The molecule has 1 amide bonds. The van der Waals surface area contributed by atoms with E-state index >= 15 is 4.39 Å². The number of halogens is 1. The molecule has 3 aromatic heterocycles. The van der Waals surface area contributed by atoms with Gasteiger partial charge >= 0.3 is 6.09 Å². The molecule has 5 rings (SSSR count). The summed E-state index contributed by atoms with van der Waals surface area (Å²) < 4.78 is 32.3. The highest BCUT2D eigenvalue weighted by Crippen LogP contribution is 2.37. The summed E-state index contributed by atoms with van der Waals surface area (Å²) >= 11 is 1.38. The number of ether oxygens (including phenoxy) is 3. The lowest BCUT2D eigenvalue weighted by Gasteiger charge is -2.22. The zero-order valence-corrected chi connectivity index (χ0v) is 25.8. The highest BCUT2D eigenvalue weighted by Gasteiger charge is 2.22. The van der Waals surface area contributed by atoms with Gasteiger partial charge in [0.2, 0.25) is 11.8 Å². The second-order valence-corrected chi connectivity index (χ2v) is 11.9. The van der Waals surface area contributed by atoms with Crippen molar-refractivity contribution in [1.82, 2.24) is 24.9 Å². The van der Waals surface area contributed by atoms with Crippen molar-refractivity contribution < 1.29 is 28.5 Å². The number of hydrogen-bond acceptors (Lipinski definition) is 12. The van der Waals surface area contributed by atoms with Crippen LogP contribution in [0.5, 0.6) is 11.6 Å². The van der Waals surface area contributed by atoms with Crippen LogP contribution in [-0.4, -0.2) is 67.6 Å². The van der Waals surface area contributed by atoms with Gasteiger partial charge in [-0.15, -0.1) is 11.3 Å². The molecule has 3 N–H and O–H groups in total. The maximum absolute atomic E-state index is 15.1. The van der Waals surface area contributed by atoms with E-state index in [1.165, 1.54) is 36.9 Å². The molecular weight excluding hydrogens is 589 g/mol. The van der Waals surface area contributed by atoms with E-state index in [0.29, 0.717) is 43.8 Å². The van der Waals surface area contributed by atoms with Crippen LogP contribution >= 0.6 is 11.3 Å². The second-order valence-electron chi connectivity index (χ2n) is 10.9. The van der Waals surface area contributed by atoms with Gasteiger partial charge in [0.05, 0.1) is 58.2 Å². The van der Waals surface area contributed by atoms with Gasteiger partial charge in [-0.1, -0.05) is 0 Å². The highest BCUT2D eigenvalue weighted by atomic mass is 32.1. The van der Waals surface area contributed by atoms with Gasteiger partial charge < -0.3 is 24.6 Å². The SMILES string of the molecule is COc1cnc2c(-c3nc4cc(F)c(O[C@@H](C)[C@@H](C)OC(=O)Nc5cnc(NCC(C)(C)O)nc5)cc4s3)cc(C)cc2n1. The lowest BCUT2D eigenvalue weighted by Crippen LogP contribution is -2.32. The number of carbonyl (C=O) groups excluding carboxylic acids is 1. The predicted octanol–water partition coefficient (Wildman–Crippen LogP) is 5.74. The topological polar surface area (TPSA) is 154 Å². The van der Waals surface area contributed by atoms with Crippen LogP contribution < -0.4 is 20.1 Å². The minimum atomic E-state index is -0.931. The smallest absolute Gasteiger partial charge is 0.412 e. The van der Waals surface area contributed by atoms with Crippen LogP contribution in [-0.2, 0) is 4.74 Å². The number of amides is 1. The Kier molecular flexibility index (Phi) is 8.74. The van der Waals surface area contributed by atoms with E-state index < -0.39 is 29.7 Å². The van der Waals surface area contributed by atoms with E-state index in [9.17, 15) is 9.90 Å². The highest BCUT2D eigenvalue weighted by molar-refractivity contribution is 7.21. The van der Waals surface area contributed by atoms with Crippen molar-refractivity contribution in [3.8, 4) is 22.2 Å². The zero-order valence-electron chi connectivity index (χ0n) is 25.0. The van der Waals surface area contributed by atoms with E-state index in [0.717, 1.165) is 11.1 Å². The number of anilines is 2. The van der Waals surface area contributed by atoms with Crippen molar-refractivity contribution in [3.63, 3.8) is 0 Å². The fourth-order valence-corrected chi connectivity index (χ4v) is 5.12. The lowest BCUT2D eigenvalue weighted by atomic mass is 10.1. The Morgan fingerprint density at radius 2 is 1.80 bits per heavy atom. The van der Waals surface area contributed by atoms with Gasteiger partial charge in [-0.3, -0.25) is 5.32 Å². The average molecular weight is 622 g/mol. The van der Waals surface area contributed by atoms with E-state index in [4.69, 9.17) is 14.2 Å². The van der Waals surface area contributed by atoms with E-state index in [2.05, 4.69) is 35.6 Å². The minimum absolute atomic E-state index is 0.0113. The van der Waals surface area contributed by atoms with Crippen molar-refractivity contribution in [2.75, 3.05) is 24.3 Å². The molecule has 0 saturated carbocycles. The third kappa shape index (κ3) is 7.26. The van der Waals surface area contributed by atoms with Crippen LogP contribution in [0.25, 0.3) is 31.8 Å². The molecule has 0 aliphatic rings. The number of methoxy groups -OCH3 is 1. The monoisotopic (exact) mass is 621 g/mol. The third-order valence-electron chi connectivity index (χ3n) is 6.49. The largest absolute Gasteiger partial charge is 0.484 e. The Labute approximate surface area is 256 Å². The standard InChI is InChI=1S/C30H32FN7O5S/c1-15-7-19(26-22(8-15)37-25(41-6)13-32-26)27-38-21-9-20(31)23(10-24(21)44-27)42-16(2)17(3)43-29(39)36-18-11-33-28(34-12-18)35-14-30(4,5)40/h7-13,16-17,40H,14H2,1-6H3,(H,36,39)(H,33,34,35)/t16-,17+/m0/s1. The number of hydrogen-bond donors (Lipinski definition) is 3. The molecule has 0 unspecified atom stereocenters. The summed E-state index contributed by atoms with van der Waals surface area (Å²) in [4.78, 5) is 34.3. The van der Waals surface area contributed by atoms with Crippen molar-refractivity contribution in [3.05, 3.63) is 54.2 Å². The van der Waals surface area contributed by atoms with Crippen LogP contribution in [0.4, 0.5) is 20.8 Å². The molecule has 0 aliphatic heterocycles. The first kappa shape index (κ1) is 30.8. The number of thiazole rings is 1. The average Bonchev–Trinajstić information content (AvgIpc) is 3.38. The molecular formula is C30H32FN7O5S. The fourth-order valence-electron chi connectivity index (χ4n) is 4.13. The van der Waals surface area contributed by atoms with Gasteiger partial charge in [0.15, 0.2) is 11.6 Å². The molecule has 5 aromatic rings. The number of nitrogens with one attached hydrogen (secondary N) is 2. The Hall–Kier alpha value is -4.69. The molecule has 0 saturated heterocycles. The third-order valence-corrected chi connectivity index (χ3v) is 7.55. The Bertz CT molecular complexity index is 1810. The Morgan fingerprint density at radius 3 is 2.50 bits per heavy atom. The molecule has 0 spiro atoms. The maximum Gasteiger partial charge on any atom is 0.412 e. The molecule has 2 aromatic carbocycles. The first-order valence-corrected chi connectivity index (χ1v) is 14.5. The molecule has 0 radical (unpaired) electrons. The van der Waals surface area contributed by atoms with Crippen LogP contribution in [0, 0.1) is 12.7 Å². The van der Waals surface area contributed by atoms with Gasteiger partial charge in [-0.05, 0) is 52.3 Å². The van der Waals surface area contributed by atoms with Crippen LogP contribution in [0.15, 0.2) is 42.9 Å². The molecule has 0 fully saturated rings. The van der Waals surface area contributed by atoms with Gasteiger partial charge in [0.1, 0.15) is 17.2 Å². The Morgan fingerprint density at radius 1 is 1.05 bits per heavy atom. The summed E-state index contributed by atoms with van der Waals surface area (Å²) in [6.45, 7) is 8.84. The summed E-state index contributed by atoms with van der Waals surface area (Å²) in [5, 5.41) is 15.9.